The molecular weight excluding hydrogens is 198 g/mol. The molecule has 0 bridgehead atoms. The van der Waals surface area contributed by atoms with Crippen molar-refractivity contribution in [2.75, 3.05) is 6.54 Å². The highest BCUT2D eigenvalue weighted by Gasteiger charge is 2.14. The summed E-state index contributed by atoms with van der Waals surface area (Å²) in [6, 6.07) is 8.35. The quantitative estimate of drug-likeness (QED) is 0.845. The number of nitrogens with two attached hydrogens (primary N) is 1. The van der Waals surface area contributed by atoms with Gasteiger partial charge in [-0.25, -0.2) is 0 Å². The van der Waals surface area contributed by atoms with Crippen LogP contribution in [0, 0.1) is 0 Å². The van der Waals surface area contributed by atoms with E-state index in [1.807, 2.05) is 0 Å². The van der Waals surface area contributed by atoms with E-state index in [2.05, 4.69) is 24.3 Å². The second-order valence-electron chi connectivity index (χ2n) is 4.56. The molecule has 88 valence electrons. The minimum absolute atomic E-state index is 0.432. The Bertz CT molecular complexity index is 318. The first-order valence-electron chi connectivity index (χ1n) is 6.34. The van der Waals surface area contributed by atoms with Crippen molar-refractivity contribution in [3.05, 3.63) is 29.8 Å². The van der Waals surface area contributed by atoms with Gasteiger partial charge in [0.25, 0.3) is 0 Å². The third kappa shape index (κ3) is 3.24. The minimum atomic E-state index is 0.432. The lowest BCUT2D eigenvalue weighted by molar-refractivity contribution is 0.155. The molecule has 2 N–H and O–H groups in total. The van der Waals surface area contributed by atoms with Crippen LogP contribution in [0.1, 0.15) is 37.7 Å². The second-order valence-corrected chi connectivity index (χ2v) is 4.56. The van der Waals surface area contributed by atoms with Gasteiger partial charge in [0, 0.05) is 0 Å². The largest absolute Gasteiger partial charge is 0.490 e. The molecule has 0 saturated heterocycles. The molecule has 1 fully saturated rings. The van der Waals surface area contributed by atoms with Gasteiger partial charge in [-0.05, 0) is 56.3 Å². The van der Waals surface area contributed by atoms with Crippen LogP contribution in [-0.2, 0) is 6.42 Å². The smallest absolute Gasteiger partial charge is 0.119 e. The third-order valence-electron chi connectivity index (χ3n) is 3.19. The molecule has 1 aromatic carbocycles. The lowest BCUT2D eigenvalue weighted by Gasteiger charge is -2.23. The van der Waals surface area contributed by atoms with Crippen molar-refractivity contribution >= 4 is 0 Å². The summed E-state index contributed by atoms with van der Waals surface area (Å²) in [5, 5.41) is 0. The van der Waals surface area contributed by atoms with Crippen molar-refractivity contribution in [3.8, 4) is 5.75 Å². The fourth-order valence-corrected chi connectivity index (χ4v) is 2.32. The summed E-state index contributed by atoms with van der Waals surface area (Å²) < 4.78 is 6.00. The zero-order chi connectivity index (χ0) is 11.2. The van der Waals surface area contributed by atoms with Crippen molar-refractivity contribution in [2.45, 2.75) is 44.6 Å². The summed E-state index contributed by atoms with van der Waals surface area (Å²) >= 11 is 0. The zero-order valence-electron chi connectivity index (χ0n) is 9.82. The van der Waals surface area contributed by atoms with Crippen molar-refractivity contribution < 1.29 is 4.74 Å². The van der Waals surface area contributed by atoms with Crippen LogP contribution in [0.25, 0.3) is 0 Å². The van der Waals surface area contributed by atoms with Crippen molar-refractivity contribution in [2.24, 2.45) is 5.73 Å². The van der Waals surface area contributed by atoms with Crippen LogP contribution in [0.4, 0.5) is 0 Å². The van der Waals surface area contributed by atoms with E-state index in [0.29, 0.717) is 12.6 Å². The highest BCUT2D eigenvalue weighted by molar-refractivity contribution is 5.28. The van der Waals surface area contributed by atoms with Crippen molar-refractivity contribution in [3.63, 3.8) is 0 Å². The second kappa shape index (κ2) is 5.90. The molecule has 1 aliphatic rings. The molecular formula is C14H21NO. The van der Waals surface area contributed by atoms with Gasteiger partial charge in [-0.3, -0.25) is 0 Å². The molecule has 0 heterocycles. The van der Waals surface area contributed by atoms with Crippen LogP contribution in [0.3, 0.4) is 0 Å². The standard InChI is InChI=1S/C14H21NO/c15-10-9-12-5-4-8-14(11-12)16-13-6-2-1-3-7-13/h4-5,8,11,13H,1-3,6-7,9-10,15H2. The fourth-order valence-electron chi connectivity index (χ4n) is 2.32. The van der Waals surface area contributed by atoms with Gasteiger partial charge in [-0.2, -0.15) is 0 Å². The Kier molecular flexibility index (Phi) is 4.23. The molecule has 0 amide bonds. The first-order valence-corrected chi connectivity index (χ1v) is 6.34. The van der Waals surface area contributed by atoms with Gasteiger partial charge in [0.05, 0.1) is 6.10 Å². The molecule has 0 aromatic heterocycles. The number of hydrogen-bond donors (Lipinski definition) is 1. The summed E-state index contributed by atoms with van der Waals surface area (Å²) in [4.78, 5) is 0. The molecule has 0 spiro atoms. The van der Waals surface area contributed by atoms with Crippen LogP contribution in [0.2, 0.25) is 0 Å². The van der Waals surface area contributed by atoms with E-state index in [0.717, 1.165) is 12.2 Å². The van der Waals surface area contributed by atoms with Gasteiger partial charge < -0.3 is 10.5 Å². The number of ether oxygens (including phenoxy) is 1. The van der Waals surface area contributed by atoms with E-state index < -0.39 is 0 Å². The number of benzene rings is 1. The Morgan fingerprint density at radius 1 is 1.19 bits per heavy atom. The molecule has 0 aliphatic heterocycles. The van der Waals surface area contributed by atoms with Crippen LogP contribution in [0.5, 0.6) is 5.75 Å². The molecule has 2 rings (SSSR count). The predicted molar refractivity (Wildman–Crippen MR) is 66.7 cm³/mol. The highest BCUT2D eigenvalue weighted by Crippen LogP contribution is 2.23. The molecule has 0 radical (unpaired) electrons. The van der Waals surface area contributed by atoms with Gasteiger partial charge in [0.2, 0.25) is 0 Å². The average Bonchev–Trinajstić information content (AvgIpc) is 2.31. The molecule has 1 saturated carbocycles. The Morgan fingerprint density at radius 3 is 2.75 bits per heavy atom. The Hall–Kier alpha value is -1.02. The lowest BCUT2D eigenvalue weighted by atomic mass is 9.98. The van der Waals surface area contributed by atoms with E-state index >= 15 is 0 Å². The number of hydrogen-bond acceptors (Lipinski definition) is 2. The monoisotopic (exact) mass is 219 g/mol. The Morgan fingerprint density at radius 2 is 2.00 bits per heavy atom. The van der Waals surface area contributed by atoms with Gasteiger partial charge in [0.1, 0.15) is 5.75 Å². The van der Waals surface area contributed by atoms with Crippen LogP contribution >= 0.6 is 0 Å². The van der Waals surface area contributed by atoms with Crippen molar-refractivity contribution in [1.29, 1.82) is 0 Å². The summed E-state index contributed by atoms with van der Waals surface area (Å²) in [7, 11) is 0. The average molecular weight is 219 g/mol. The molecule has 1 aliphatic carbocycles. The lowest BCUT2D eigenvalue weighted by Crippen LogP contribution is -2.19. The first kappa shape index (κ1) is 11.5. The minimum Gasteiger partial charge on any atom is -0.490 e. The van der Waals surface area contributed by atoms with Crippen LogP contribution in [-0.4, -0.2) is 12.6 Å². The molecule has 1 aromatic rings. The Balaban J connectivity index is 1.94. The predicted octanol–water partition coefficient (Wildman–Crippen LogP) is 2.90. The number of rotatable bonds is 4. The summed E-state index contributed by atoms with van der Waals surface area (Å²) in [6.45, 7) is 0.701. The van der Waals surface area contributed by atoms with Gasteiger partial charge in [-0.15, -0.1) is 0 Å². The van der Waals surface area contributed by atoms with E-state index in [9.17, 15) is 0 Å². The SMILES string of the molecule is NCCc1cccc(OC2CCCCC2)c1. The van der Waals surface area contributed by atoms with Crippen LogP contribution in [0.15, 0.2) is 24.3 Å². The maximum Gasteiger partial charge on any atom is 0.119 e. The third-order valence-corrected chi connectivity index (χ3v) is 3.19. The van der Waals surface area contributed by atoms with Crippen LogP contribution < -0.4 is 10.5 Å². The van der Waals surface area contributed by atoms with Crippen molar-refractivity contribution in [1.82, 2.24) is 0 Å². The van der Waals surface area contributed by atoms with E-state index in [-0.39, 0.29) is 0 Å². The van der Waals surface area contributed by atoms with Gasteiger partial charge >= 0.3 is 0 Å². The molecule has 0 atom stereocenters. The molecule has 0 unspecified atom stereocenters. The van der Waals surface area contributed by atoms with E-state index in [4.69, 9.17) is 10.5 Å². The molecule has 16 heavy (non-hydrogen) atoms. The van der Waals surface area contributed by atoms with E-state index in [1.54, 1.807) is 0 Å². The summed E-state index contributed by atoms with van der Waals surface area (Å²) in [6.07, 6.45) is 7.78. The highest BCUT2D eigenvalue weighted by atomic mass is 16.5. The first-order chi connectivity index (χ1) is 7.88. The molecule has 2 heteroatoms. The maximum atomic E-state index is 6.00. The zero-order valence-corrected chi connectivity index (χ0v) is 9.82. The van der Waals surface area contributed by atoms with E-state index in [1.165, 1.54) is 37.7 Å². The Labute approximate surface area is 97.8 Å². The fraction of sp³-hybridized carbons (Fsp3) is 0.571. The van der Waals surface area contributed by atoms with Gasteiger partial charge in [0.15, 0.2) is 0 Å². The maximum absolute atomic E-state index is 6.00. The summed E-state index contributed by atoms with van der Waals surface area (Å²) in [5.74, 6) is 1.01. The van der Waals surface area contributed by atoms with Gasteiger partial charge in [-0.1, -0.05) is 18.6 Å². The normalized spacial score (nSPS) is 17.3. The topological polar surface area (TPSA) is 35.2 Å². The molecule has 2 nitrogen and oxygen atoms in total. The summed E-state index contributed by atoms with van der Waals surface area (Å²) in [5.41, 5.74) is 6.83.